The molecule has 0 saturated heterocycles. The maximum absolute atomic E-state index is 13.4. The second-order valence-corrected chi connectivity index (χ2v) is 8.33. The Morgan fingerprint density at radius 2 is 1.29 bits per heavy atom. The average Bonchev–Trinajstić information content (AvgIpc) is 2.48. The fraction of sp³-hybridized carbons (Fsp3) is 0.333. The molecule has 6 heteroatoms. The summed E-state index contributed by atoms with van der Waals surface area (Å²) in [5.41, 5.74) is 1.27. The zero-order valence-electron chi connectivity index (χ0n) is 14.2. The first kappa shape index (κ1) is 18.7. The maximum Gasteiger partial charge on any atom is 0.534 e. The Morgan fingerprint density at radius 1 is 0.792 bits per heavy atom. The van der Waals surface area contributed by atoms with Crippen LogP contribution >= 0.6 is 0 Å². The minimum atomic E-state index is -3.53. The molecule has 0 radical (unpaired) electrons. The van der Waals surface area contributed by atoms with E-state index < -0.39 is 20.4 Å². The number of rotatable bonds is 6. The van der Waals surface area contributed by atoms with Crippen molar-refractivity contribution in [1.82, 2.24) is 0 Å². The van der Waals surface area contributed by atoms with E-state index >= 15 is 0 Å². The Bertz CT molecular complexity index is 677. The number of benzene rings is 2. The van der Waals surface area contributed by atoms with Crippen LogP contribution in [0.3, 0.4) is 0 Å². The third kappa shape index (κ3) is 4.48. The van der Waals surface area contributed by atoms with Crippen LogP contribution in [-0.4, -0.2) is 25.8 Å². The van der Waals surface area contributed by atoms with Crippen molar-refractivity contribution in [3.63, 3.8) is 0 Å². The van der Waals surface area contributed by atoms with Crippen molar-refractivity contribution in [3.05, 3.63) is 54.1 Å². The molecule has 0 saturated carbocycles. The lowest BCUT2D eigenvalue weighted by molar-refractivity contribution is 0.0605. The fourth-order valence-corrected chi connectivity index (χ4v) is 4.55. The van der Waals surface area contributed by atoms with E-state index in [0.29, 0.717) is 16.3 Å². The summed E-state index contributed by atoms with van der Waals surface area (Å²) >= 11 is 0. The molecule has 0 heterocycles. The van der Waals surface area contributed by atoms with Gasteiger partial charge in [0, 0.05) is 17.4 Å². The Morgan fingerprint density at radius 3 is 1.75 bits per heavy atom. The summed E-state index contributed by atoms with van der Waals surface area (Å²) in [6.07, 6.45) is -0.377. The lowest BCUT2D eigenvalue weighted by Crippen LogP contribution is -2.56. The van der Waals surface area contributed by atoms with Crippen LogP contribution < -0.4 is 5.19 Å². The normalized spacial score (nSPS) is 12.2. The first-order valence-corrected chi connectivity index (χ1v) is 9.61. The highest BCUT2D eigenvalue weighted by molar-refractivity contribution is 6.74. The van der Waals surface area contributed by atoms with Gasteiger partial charge in [0.2, 0.25) is 0 Å². The van der Waals surface area contributed by atoms with Crippen molar-refractivity contribution < 1.29 is 22.4 Å². The molecule has 2 aromatic rings. The Kier molecular flexibility index (Phi) is 5.87. The average molecular weight is 352 g/mol. The number of halogens is 2. The summed E-state index contributed by atoms with van der Waals surface area (Å²) in [5, 5.41) is 0.566. The van der Waals surface area contributed by atoms with E-state index in [-0.39, 0.29) is 12.2 Å². The van der Waals surface area contributed by atoms with Crippen LogP contribution in [0.4, 0.5) is 8.78 Å². The topological polar surface area (TPSA) is 38.7 Å². The quantitative estimate of drug-likeness (QED) is 0.807. The van der Waals surface area contributed by atoms with Gasteiger partial charge in [0.1, 0.15) is 0 Å². The van der Waals surface area contributed by atoms with Crippen molar-refractivity contribution in [3.8, 4) is 11.1 Å². The first-order chi connectivity index (χ1) is 11.2. The molecule has 0 aliphatic carbocycles. The number of hydrogen-bond donors (Lipinski definition) is 1. The van der Waals surface area contributed by atoms with Gasteiger partial charge >= 0.3 is 8.80 Å². The van der Waals surface area contributed by atoms with E-state index in [1.165, 1.54) is 6.07 Å². The van der Waals surface area contributed by atoms with Gasteiger partial charge in [-0.3, -0.25) is 0 Å². The Hall–Kier alpha value is -1.60. The monoisotopic (exact) mass is 352 g/mol. The van der Waals surface area contributed by atoms with E-state index in [9.17, 15) is 13.6 Å². The fourth-order valence-electron chi connectivity index (χ4n) is 2.35. The minimum Gasteiger partial charge on any atom is -0.386 e. The second kappa shape index (κ2) is 7.52. The minimum absolute atomic E-state index is 0.189. The van der Waals surface area contributed by atoms with Crippen molar-refractivity contribution >= 4 is 14.0 Å². The molecule has 1 N–H and O–H groups in total. The maximum atomic E-state index is 13.4. The van der Waals surface area contributed by atoms with Crippen LogP contribution in [0.1, 0.15) is 27.7 Å². The highest BCUT2D eigenvalue weighted by Crippen LogP contribution is 2.21. The predicted molar refractivity (Wildman–Crippen MR) is 91.8 cm³/mol. The van der Waals surface area contributed by atoms with E-state index in [4.69, 9.17) is 8.85 Å². The van der Waals surface area contributed by atoms with Gasteiger partial charge in [-0.05, 0) is 51.0 Å². The van der Waals surface area contributed by atoms with E-state index in [2.05, 4.69) is 0 Å². The molecule has 130 valence electrons. The van der Waals surface area contributed by atoms with Crippen molar-refractivity contribution in [1.29, 1.82) is 0 Å². The van der Waals surface area contributed by atoms with Crippen molar-refractivity contribution in [2.75, 3.05) is 0 Å². The lowest BCUT2D eigenvalue weighted by Gasteiger charge is -2.28. The van der Waals surface area contributed by atoms with Crippen LogP contribution in [0.5, 0.6) is 0 Å². The molecule has 0 fully saturated rings. The van der Waals surface area contributed by atoms with Crippen LogP contribution in [0, 0.1) is 11.6 Å². The molecule has 0 amide bonds. The van der Waals surface area contributed by atoms with Crippen LogP contribution in [0.2, 0.25) is 0 Å². The molecule has 0 aliphatic heterocycles. The van der Waals surface area contributed by atoms with E-state index in [1.807, 2.05) is 27.7 Å². The van der Waals surface area contributed by atoms with Crippen LogP contribution in [-0.2, 0) is 8.85 Å². The van der Waals surface area contributed by atoms with Gasteiger partial charge in [0.15, 0.2) is 11.6 Å². The highest BCUT2D eigenvalue weighted by atomic mass is 28.4. The van der Waals surface area contributed by atoms with Gasteiger partial charge in [0.05, 0.1) is 0 Å². The zero-order valence-corrected chi connectivity index (χ0v) is 15.2. The van der Waals surface area contributed by atoms with E-state index in [0.717, 1.165) is 12.1 Å². The van der Waals surface area contributed by atoms with E-state index in [1.54, 1.807) is 24.3 Å². The molecule has 24 heavy (non-hydrogen) atoms. The van der Waals surface area contributed by atoms with Crippen molar-refractivity contribution in [2.24, 2.45) is 0 Å². The molecule has 0 aliphatic rings. The molecule has 2 aromatic carbocycles. The summed E-state index contributed by atoms with van der Waals surface area (Å²) in [4.78, 5) is 10.9. The lowest BCUT2D eigenvalue weighted by atomic mass is 10.1. The molecular formula is C18H22F2O3Si. The summed E-state index contributed by atoms with van der Waals surface area (Å²) in [6, 6.07) is 10.6. The first-order valence-electron chi connectivity index (χ1n) is 7.85. The van der Waals surface area contributed by atoms with Crippen molar-refractivity contribution in [2.45, 2.75) is 39.9 Å². The Balaban J connectivity index is 2.33. The predicted octanol–water partition coefficient (Wildman–Crippen LogP) is 3.62. The summed E-state index contributed by atoms with van der Waals surface area (Å²) in [5.74, 6) is -1.78. The van der Waals surface area contributed by atoms with Gasteiger partial charge in [-0.15, -0.1) is 0 Å². The largest absolute Gasteiger partial charge is 0.534 e. The van der Waals surface area contributed by atoms with Gasteiger partial charge in [0.25, 0.3) is 0 Å². The third-order valence-electron chi connectivity index (χ3n) is 3.29. The van der Waals surface area contributed by atoms with Gasteiger partial charge in [-0.25, -0.2) is 8.78 Å². The zero-order chi connectivity index (χ0) is 17.9. The third-order valence-corrected chi connectivity index (χ3v) is 5.94. The molecule has 3 nitrogen and oxygen atoms in total. The van der Waals surface area contributed by atoms with Gasteiger partial charge in [-0.1, -0.05) is 30.3 Å². The molecule has 0 unspecified atom stereocenters. The van der Waals surface area contributed by atoms with Gasteiger partial charge < -0.3 is 13.6 Å². The highest BCUT2D eigenvalue weighted by Gasteiger charge is 2.41. The molecule has 0 aromatic heterocycles. The molecule has 0 bridgehead atoms. The summed E-state index contributed by atoms with van der Waals surface area (Å²) < 4.78 is 37.8. The summed E-state index contributed by atoms with van der Waals surface area (Å²) in [6.45, 7) is 7.32. The second-order valence-electron chi connectivity index (χ2n) is 6.12. The SMILES string of the molecule is CC(C)O[Si](O)(OC(C)C)c1ccc(-c2ccc(F)c(F)c2)cc1. The van der Waals surface area contributed by atoms with Crippen LogP contribution in [0.15, 0.2) is 42.5 Å². The van der Waals surface area contributed by atoms with Gasteiger partial charge in [-0.2, -0.15) is 0 Å². The molecule has 2 rings (SSSR count). The van der Waals surface area contributed by atoms with Crippen LogP contribution in [0.25, 0.3) is 11.1 Å². The summed E-state index contributed by atoms with van der Waals surface area (Å²) in [7, 11) is -3.53. The standard InChI is InChI=1S/C18H22F2O3Si/c1-12(2)22-24(21,23-13(3)4)16-8-5-14(6-9-16)15-7-10-17(19)18(20)11-15/h5-13,21H,1-4H3. The smallest absolute Gasteiger partial charge is 0.386 e. The molecular weight excluding hydrogens is 330 g/mol. The molecule has 0 atom stereocenters. The Labute approximate surface area is 142 Å². The molecule has 0 spiro atoms. The number of hydrogen-bond acceptors (Lipinski definition) is 3.